The second kappa shape index (κ2) is 8.24. The summed E-state index contributed by atoms with van der Waals surface area (Å²) in [6, 6.07) is 4.10. The van der Waals surface area contributed by atoms with Crippen molar-refractivity contribution in [3.8, 4) is 11.5 Å². The van der Waals surface area contributed by atoms with Crippen LogP contribution in [-0.4, -0.2) is 44.3 Å². The molecule has 0 saturated heterocycles. The summed E-state index contributed by atoms with van der Waals surface area (Å²) in [6.45, 7) is 5.54. The molecule has 1 heterocycles. The molecule has 0 fully saturated rings. The molecule has 1 aliphatic heterocycles. The van der Waals surface area contributed by atoms with Crippen LogP contribution in [0, 0.1) is 0 Å². The summed E-state index contributed by atoms with van der Waals surface area (Å²) in [7, 11) is 3.28. The second-order valence-electron chi connectivity index (χ2n) is 6.19. The van der Waals surface area contributed by atoms with Crippen LogP contribution in [0.1, 0.15) is 43.9 Å². The van der Waals surface area contributed by atoms with E-state index < -0.39 is 0 Å². The molecule has 1 aliphatic rings. The van der Waals surface area contributed by atoms with E-state index in [4.69, 9.17) is 9.47 Å². The SMILES string of the molecule is CCCNC(=O)N1CCc2cc(OC)c(OC)cc2[C@@H]1[C@@H]([NH3+])CC. The van der Waals surface area contributed by atoms with E-state index in [1.54, 1.807) is 14.2 Å². The van der Waals surface area contributed by atoms with Gasteiger partial charge in [-0.3, -0.25) is 0 Å². The van der Waals surface area contributed by atoms with Gasteiger partial charge in [0.25, 0.3) is 0 Å². The van der Waals surface area contributed by atoms with Crippen LogP contribution in [0.2, 0.25) is 0 Å². The third-order valence-corrected chi connectivity index (χ3v) is 4.68. The lowest BCUT2D eigenvalue weighted by molar-refractivity contribution is -0.433. The molecule has 2 atom stereocenters. The Labute approximate surface area is 144 Å². The number of urea groups is 1. The van der Waals surface area contributed by atoms with E-state index in [0.29, 0.717) is 18.8 Å². The van der Waals surface area contributed by atoms with Crippen molar-refractivity contribution in [2.75, 3.05) is 27.3 Å². The summed E-state index contributed by atoms with van der Waals surface area (Å²) in [6.07, 6.45) is 2.63. The fourth-order valence-corrected chi connectivity index (χ4v) is 3.27. The number of fused-ring (bicyclic) bond motifs is 1. The lowest BCUT2D eigenvalue weighted by Crippen LogP contribution is -2.67. The molecule has 4 N–H and O–H groups in total. The zero-order valence-corrected chi connectivity index (χ0v) is 15.2. The van der Waals surface area contributed by atoms with Crippen molar-refractivity contribution in [3.05, 3.63) is 23.3 Å². The van der Waals surface area contributed by atoms with E-state index in [2.05, 4.69) is 24.9 Å². The minimum Gasteiger partial charge on any atom is -0.493 e. The maximum absolute atomic E-state index is 12.6. The van der Waals surface area contributed by atoms with Gasteiger partial charge in [-0.15, -0.1) is 0 Å². The number of rotatable bonds is 6. The van der Waals surface area contributed by atoms with Gasteiger partial charge in [-0.1, -0.05) is 13.8 Å². The minimum atomic E-state index is -0.0459. The summed E-state index contributed by atoms with van der Waals surface area (Å²) in [4.78, 5) is 14.5. The number of ether oxygens (including phenoxy) is 2. The van der Waals surface area contributed by atoms with Crippen molar-refractivity contribution in [1.29, 1.82) is 0 Å². The van der Waals surface area contributed by atoms with Crippen molar-refractivity contribution in [2.45, 2.75) is 45.2 Å². The number of carbonyl (C=O) groups excluding carboxylic acids is 1. The van der Waals surface area contributed by atoms with Gasteiger partial charge in [0, 0.05) is 13.1 Å². The fraction of sp³-hybridized carbons (Fsp3) is 0.611. The van der Waals surface area contributed by atoms with Gasteiger partial charge in [0.05, 0.1) is 14.2 Å². The normalized spacial score (nSPS) is 17.9. The Balaban J connectivity index is 2.42. The van der Waals surface area contributed by atoms with Gasteiger partial charge in [0.2, 0.25) is 0 Å². The quantitative estimate of drug-likeness (QED) is 0.830. The van der Waals surface area contributed by atoms with Gasteiger partial charge in [-0.05, 0) is 42.5 Å². The van der Waals surface area contributed by atoms with Crippen LogP contribution in [0.5, 0.6) is 11.5 Å². The molecule has 0 aliphatic carbocycles. The summed E-state index contributed by atoms with van der Waals surface area (Å²) in [5.74, 6) is 1.43. The lowest BCUT2D eigenvalue weighted by Gasteiger charge is -2.39. The first-order valence-electron chi connectivity index (χ1n) is 8.69. The highest BCUT2D eigenvalue weighted by atomic mass is 16.5. The average molecular weight is 336 g/mol. The third kappa shape index (κ3) is 3.59. The number of methoxy groups -OCH3 is 2. The zero-order chi connectivity index (χ0) is 17.7. The van der Waals surface area contributed by atoms with E-state index in [-0.39, 0.29) is 18.1 Å². The van der Waals surface area contributed by atoms with E-state index in [9.17, 15) is 4.79 Å². The monoisotopic (exact) mass is 336 g/mol. The van der Waals surface area contributed by atoms with Gasteiger partial charge in [-0.2, -0.15) is 0 Å². The predicted molar refractivity (Wildman–Crippen MR) is 93.4 cm³/mol. The molecule has 1 aromatic carbocycles. The maximum Gasteiger partial charge on any atom is 0.318 e. The van der Waals surface area contributed by atoms with Crippen molar-refractivity contribution in [3.63, 3.8) is 0 Å². The van der Waals surface area contributed by atoms with E-state index in [1.807, 2.05) is 17.0 Å². The van der Waals surface area contributed by atoms with Crippen molar-refractivity contribution < 1.29 is 20.0 Å². The molecule has 134 valence electrons. The van der Waals surface area contributed by atoms with Gasteiger partial charge in [-0.25, -0.2) is 4.79 Å². The molecular weight excluding hydrogens is 306 g/mol. The molecule has 0 aromatic heterocycles. The Hall–Kier alpha value is -1.95. The highest BCUT2D eigenvalue weighted by Crippen LogP contribution is 2.39. The third-order valence-electron chi connectivity index (χ3n) is 4.68. The molecular formula is C18H30N3O3+. The molecule has 2 rings (SSSR count). The van der Waals surface area contributed by atoms with Gasteiger partial charge in [0.1, 0.15) is 12.1 Å². The Morgan fingerprint density at radius 1 is 1.33 bits per heavy atom. The summed E-state index contributed by atoms with van der Waals surface area (Å²) in [5, 5.41) is 3.00. The Kier molecular flexibility index (Phi) is 6.31. The molecule has 2 amide bonds. The number of hydrogen-bond acceptors (Lipinski definition) is 3. The van der Waals surface area contributed by atoms with Gasteiger partial charge >= 0.3 is 6.03 Å². The first-order valence-corrected chi connectivity index (χ1v) is 8.69. The number of nitrogens with zero attached hydrogens (tertiary/aromatic N) is 1. The Bertz CT molecular complexity index is 577. The van der Waals surface area contributed by atoms with Crippen LogP contribution in [0.3, 0.4) is 0 Å². The molecule has 0 bridgehead atoms. The van der Waals surface area contributed by atoms with Crippen LogP contribution < -0.4 is 20.5 Å². The molecule has 6 nitrogen and oxygen atoms in total. The Morgan fingerprint density at radius 2 is 2.00 bits per heavy atom. The average Bonchev–Trinajstić information content (AvgIpc) is 2.62. The molecule has 6 heteroatoms. The van der Waals surface area contributed by atoms with Gasteiger partial charge < -0.3 is 25.4 Å². The van der Waals surface area contributed by atoms with E-state index in [1.165, 1.54) is 5.56 Å². The molecule has 24 heavy (non-hydrogen) atoms. The zero-order valence-electron chi connectivity index (χ0n) is 15.2. The van der Waals surface area contributed by atoms with Crippen molar-refractivity contribution >= 4 is 6.03 Å². The molecule has 0 spiro atoms. The highest BCUT2D eigenvalue weighted by Gasteiger charge is 2.37. The summed E-state index contributed by atoms with van der Waals surface area (Å²) < 4.78 is 10.9. The van der Waals surface area contributed by atoms with Crippen molar-refractivity contribution in [1.82, 2.24) is 10.2 Å². The van der Waals surface area contributed by atoms with Crippen LogP contribution in [-0.2, 0) is 6.42 Å². The largest absolute Gasteiger partial charge is 0.493 e. The minimum absolute atomic E-state index is 0.00983. The number of quaternary nitrogens is 1. The second-order valence-corrected chi connectivity index (χ2v) is 6.19. The smallest absolute Gasteiger partial charge is 0.318 e. The standard InChI is InChI=1S/C18H29N3O3/c1-5-8-20-18(22)21-9-7-12-10-15(23-3)16(24-4)11-13(12)17(21)14(19)6-2/h10-11,14,17H,5-9,19H2,1-4H3,(H,20,22)/p+1/t14-,17+/m0/s1. The number of nitrogens with one attached hydrogen (secondary N) is 1. The molecule has 1 aromatic rings. The molecule has 0 saturated carbocycles. The molecule has 0 unspecified atom stereocenters. The lowest BCUT2D eigenvalue weighted by atomic mass is 9.87. The molecule has 0 radical (unpaired) electrons. The van der Waals surface area contributed by atoms with Gasteiger partial charge in [0.15, 0.2) is 11.5 Å². The fourth-order valence-electron chi connectivity index (χ4n) is 3.27. The number of amides is 2. The summed E-state index contributed by atoms with van der Waals surface area (Å²) in [5.41, 5.74) is 6.62. The van der Waals surface area contributed by atoms with E-state index >= 15 is 0 Å². The first kappa shape index (κ1) is 18.4. The summed E-state index contributed by atoms with van der Waals surface area (Å²) >= 11 is 0. The van der Waals surface area contributed by atoms with Crippen LogP contribution in [0.25, 0.3) is 0 Å². The van der Waals surface area contributed by atoms with Crippen LogP contribution >= 0.6 is 0 Å². The number of carbonyl (C=O) groups is 1. The predicted octanol–water partition coefficient (Wildman–Crippen LogP) is 1.74. The Morgan fingerprint density at radius 3 is 2.58 bits per heavy atom. The number of hydrogen-bond donors (Lipinski definition) is 2. The van der Waals surface area contributed by atoms with Crippen molar-refractivity contribution in [2.24, 2.45) is 0 Å². The first-order chi connectivity index (χ1) is 11.6. The van der Waals surface area contributed by atoms with Crippen LogP contribution in [0.4, 0.5) is 4.79 Å². The maximum atomic E-state index is 12.6. The number of benzene rings is 1. The topological polar surface area (TPSA) is 78.4 Å². The van der Waals surface area contributed by atoms with E-state index in [0.717, 1.165) is 30.6 Å². The highest BCUT2D eigenvalue weighted by molar-refractivity contribution is 5.75. The van der Waals surface area contributed by atoms with Crippen LogP contribution in [0.15, 0.2) is 12.1 Å².